The number of H-pyrrole nitrogens is 1. The highest BCUT2D eigenvalue weighted by Crippen LogP contribution is 2.41. The zero-order valence-corrected chi connectivity index (χ0v) is 21.7. The van der Waals surface area contributed by atoms with Crippen LogP contribution in [0.5, 0.6) is 0 Å². The molecule has 0 saturated carbocycles. The Balaban J connectivity index is 1.41. The van der Waals surface area contributed by atoms with E-state index >= 15 is 0 Å². The van der Waals surface area contributed by atoms with E-state index in [1.807, 2.05) is 12.1 Å². The van der Waals surface area contributed by atoms with Crippen LogP contribution in [0.15, 0.2) is 77.9 Å². The topological polar surface area (TPSA) is 153 Å². The highest BCUT2D eigenvalue weighted by molar-refractivity contribution is 6.30. The lowest BCUT2D eigenvalue weighted by Gasteiger charge is -2.23. The molecule has 0 aliphatic carbocycles. The number of nitrogen functional groups attached to an aromatic ring is 1. The second-order valence-electron chi connectivity index (χ2n) is 10.7. The average molecular weight is 548 g/mol. The van der Waals surface area contributed by atoms with Crippen molar-refractivity contribution in [3.63, 3.8) is 0 Å². The van der Waals surface area contributed by atoms with Gasteiger partial charge < -0.3 is 25.8 Å². The molecule has 204 valence electrons. The SMILES string of the molecule is Nc1nc2c(c(=O)[nH]1)n(Cc1c3ccccc3c3ccc4cccc5ccc1c3c54)c[n+]2[C@@H]1O[C@H](CO)[C@@H](O)[C@H]1[O-]. The summed E-state index contributed by atoms with van der Waals surface area (Å²) in [6, 6.07) is 23.1. The third-order valence-electron chi connectivity index (χ3n) is 8.43. The first-order valence-electron chi connectivity index (χ1n) is 13.4. The number of aliphatic hydroxyl groups is 2. The van der Waals surface area contributed by atoms with Crippen LogP contribution in [-0.4, -0.2) is 49.7 Å². The van der Waals surface area contributed by atoms with E-state index in [-0.39, 0.29) is 23.7 Å². The molecule has 2 aromatic heterocycles. The smallest absolute Gasteiger partial charge is 0.313 e. The van der Waals surface area contributed by atoms with E-state index in [2.05, 4.69) is 64.6 Å². The summed E-state index contributed by atoms with van der Waals surface area (Å²) < 4.78 is 8.92. The first-order valence-corrected chi connectivity index (χ1v) is 13.4. The largest absolute Gasteiger partial charge is 0.846 e. The fourth-order valence-corrected chi connectivity index (χ4v) is 6.60. The van der Waals surface area contributed by atoms with Crippen molar-refractivity contribution in [1.29, 1.82) is 0 Å². The van der Waals surface area contributed by atoms with Crippen LogP contribution in [0, 0.1) is 0 Å². The lowest BCUT2D eigenvalue weighted by atomic mass is 9.87. The summed E-state index contributed by atoms with van der Waals surface area (Å²) >= 11 is 0. The Bertz CT molecular complexity index is 2190. The lowest BCUT2D eigenvalue weighted by molar-refractivity contribution is -0.764. The number of nitrogens with one attached hydrogen (secondary N) is 1. The molecule has 5 aromatic carbocycles. The quantitative estimate of drug-likeness (QED) is 0.149. The zero-order valence-electron chi connectivity index (χ0n) is 21.7. The number of fused-ring (bicyclic) bond motifs is 3. The molecule has 1 aliphatic rings. The summed E-state index contributed by atoms with van der Waals surface area (Å²) in [4.78, 5) is 20.2. The van der Waals surface area contributed by atoms with Crippen LogP contribution in [0.2, 0.25) is 0 Å². The highest BCUT2D eigenvalue weighted by Gasteiger charge is 2.41. The van der Waals surface area contributed by atoms with Crippen LogP contribution in [0.3, 0.4) is 0 Å². The van der Waals surface area contributed by atoms with Crippen molar-refractivity contribution in [2.45, 2.75) is 31.1 Å². The molecule has 10 nitrogen and oxygen atoms in total. The number of anilines is 1. The first kappa shape index (κ1) is 24.2. The van der Waals surface area contributed by atoms with Crippen LogP contribution >= 0.6 is 0 Å². The van der Waals surface area contributed by atoms with Gasteiger partial charge in [0.1, 0.15) is 6.10 Å². The molecule has 10 heteroatoms. The minimum absolute atomic E-state index is 0.109. The third-order valence-corrected chi connectivity index (χ3v) is 8.43. The Kier molecular flexibility index (Phi) is 5.13. The number of aromatic nitrogens is 4. The van der Waals surface area contributed by atoms with Gasteiger partial charge in [-0.2, -0.15) is 0 Å². The van der Waals surface area contributed by atoms with E-state index in [1.54, 1.807) is 10.9 Å². The molecule has 1 aliphatic heterocycles. The maximum absolute atomic E-state index is 13.3. The summed E-state index contributed by atoms with van der Waals surface area (Å²) in [5.74, 6) is -0.109. The predicted molar refractivity (Wildman–Crippen MR) is 153 cm³/mol. The van der Waals surface area contributed by atoms with Crippen molar-refractivity contribution in [2.24, 2.45) is 0 Å². The molecule has 41 heavy (non-hydrogen) atoms. The number of hydrogen-bond acceptors (Lipinski definition) is 7. The Morgan fingerprint density at radius 2 is 1.71 bits per heavy atom. The van der Waals surface area contributed by atoms with Gasteiger partial charge in [0, 0.05) is 5.56 Å². The van der Waals surface area contributed by atoms with Gasteiger partial charge in [0.25, 0.3) is 11.5 Å². The van der Waals surface area contributed by atoms with Crippen molar-refractivity contribution < 1.29 is 24.6 Å². The van der Waals surface area contributed by atoms with Gasteiger partial charge in [-0.15, -0.1) is 0 Å². The van der Waals surface area contributed by atoms with Crippen molar-refractivity contribution in [3.05, 3.63) is 89.0 Å². The van der Waals surface area contributed by atoms with Gasteiger partial charge in [-0.1, -0.05) is 71.7 Å². The van der Waals surface area contributed by atoms with E-state index in [0.29, 0.717) is 0 Å². The normalized spacial score (nSPS) is 21.3. The second kappa shape index (κ2) is 8.69. The zero-order chi connectivity index (χ0) is 28.0. The summed E-state index contributed by atoms with van der Waals surface area (Å²) in [5, 5.41) is 42.0. The van der Waals surface area contributed by atoms with Crippen LogP contribution in [0.1, 0.15) is 11.8 Å². The van der Waals surface area contributed by atoms with Gasteiger partial charge >= 0.3 is 5.65 Å². The Labute approximate surface area is 231 Å². The summed E-state index contributed by atoms with van der Waals surface area (Å²) in [6.07, 6.45) is -3.65. The van der Waals surface area contributed by atoms with E-state index in [0.717, 1.165) is 43.3 Å². The first-order chi connectivity index (χ1) is 19.9. The molecule has 0 bridgehead atoms. The number of nitrogens with zero attached hydrogens (tertiary/aromatic N) is 3. The Hall–Kier alpha value is -4.61. The van der Waals surface area contributed by atoms with Crippen molar-refractivity contribution in [2.75, 3.05) is 12.3 Å². The van der Waals surface area contributed by atoms with Gasteiger partial charge in [-0.05, 0) is 49.2 Å². The molecule has 8 rings (SSSR count). The maximum Gasteiger partial charge on any atom is 0.313 e. The molecule has 0 amide bonds. The van der Waals surface area contributed by atoms with E-state index < -0.39 is 36.7 Å². The fourth-order valence-electron chi connectivity index (χ4n) is 6.60. The predicted octanol–water partition coefficient (Wildman–Crippen LogP) is 1.67. The minimum atomic E-state index is -1.60. The van der Waals surface area contributed by atoms with Crippen LogP contribution < -0.4 is 21.0 Å². The monoisotopic (exact) mass is 547 g/mol. The standard InChI is InChI=1S/C31H25N5O5/c32-31-33-28-25(29(40)34-31)35(14-36(28)30-27(39)26(38)22(13-37)41-30)12-21-18-7-2-1-6-17(18)19-10-8-15-4-3-5-16-9-11-20(21)24(19)23(15)16/h1-11,14,22,26-27,30,37-38H,12-13H2,(H3,32,33,34,40)/t22-,26-,27-,30-/m1/s1. The summed E-state index contributed by atoms with van der Waals surface area (Å²) in [6.45, 7) is -0.227. The number of hydrogen-bond donors (Lipinski definition) is 4. The molecule has 7 aromatic rings. The Morgan fingerprint density at radius 3 is 2.44 bits per heavy atom. The third kappa shape index (κ3) is 3.36. The number of aromatic amines is 1. The van der Waals surface area contributed by atoms with Crippen LogP contribution in [0.4, 0.5) is 5.95 Å². The maximum atomic E-state index is 13.3. The number of rotatable bonds is 4. The van der Waals surface area contributed by atoms with Crippen LogP contribution in [0.25, 0.3) is 54.3 Å². The molecule has 1 fully saturated rings. The molecule has 3 heterocycles. The van der Waals surface area contributed by atoms with E-state index in [1.165, 1.54) is 9.95 Å². The van der Waals surface area contributed by atoms with E-state index in [9.17, 15) is 20.1 Å². The van der Waals surface area contributed by atoms with Crippen LogP contribution in [-0.2, 0) is 11.3 Å². The number of imidazole rings is 1. The highest BCUT2D eigenvalue weighted by atomic mass is 16.6. The summed E-state index contributed by atoms with van der Waals surface area (Å²) in [7, 11) is 0. The molecule has 5 N–H and O–H groups in total. The lowest BCUT2D eigenvalue weighted by Crippen LogP contribution is -2.52. The van der Waals surface area contributed by atoms with Crippen molar-refractivity contribution in [1.82, 2.24) is 14.5 Å². The second-order valence-corrected chi connectivity index (χ2v) is 10.7. The van der Waals surface area contributed by atoms with E-state index in [4.69, 9.17) is 10.5 Å². The minimum Gasteiger partial charge on any atom is -0.846 e. The van der Waals surface area contributed by atoms with Crippen molar-refractivity contribution in [3.8, 4) is 0 Å². The molecular formula is C31H25N5O5. The van der Waals surface area contributed by atoms with Gasteiger partial charge in [0.2, 0.25) is 5.52 Å². The molecule has 0 radical (unpaired) electrons. The number of ether oxygens (including phenoxy) is 1. The van der Waals surface area contributed by atoms with Gasteiger partial charge in [-0.25, -0.2) is 4.57 Å². The van der Waals surface area contributed by atoms with Gasteiger partial charge in [0.05, 0.1) is 19.3 Å². The van der Waals surface area contributed by atoms with Crippen molar-refractivity contribution >= 4 is 60.2 Å². The molecule has 0 spiro atoms. The number of benzene rings is 5. The molecule has 1 saturated heterocycles. The van der Waals surface area contributed by atoms with Gasteiger partial charge in [0.15, 0.2) is 12.6 Å². The average Bonchev–Trinajstić information content (AvgIpc) is 3.48. The molecule has 0 unspecified atom stereocenters. The van der Waals surface area contributed by atoms with Gasteiger partial charge in [-0.3, -0.25) is 14.3 Å². The fraction of sp³-hybridized carbons (Fsp3) is 0.194. The number of aliphatic hydroxyl groups excluding tert-OH is 2. The number of nitrogens with two attached hydrogens (primary N) is 1. The summed E-state index contributed by atoms with van der Waals surface area (Å²) in [5.41, 5.74) is 6.82. The molecular weight excluding hydrogens is 522 g/mol. The Morgan fingerprint density at radius 1 is 0.976 bits per heavy atom. The molecule has 4 atom stereocenters.